The minimum Gasteiger partial charge on any atom is -0.464 e. The van der Waals surface area contributed by atoms with Gasteiger partial charge in [0.05, 0.1) is 13.2 Å². The van der Waals surface area contributed by atoms with E-state index in [1.54, 1.807) is 13.2 Å². The molecule has 0 radical (unpaired) electrons. The highest BCUT2D eigenvalue weighted by atomic mass is 19.3. The fourth-order valence-electron chi connectivity index (χ4n) is 4.67. The number of carbonyl (C=O) groups is 1. The average Bonchev–Trinajstić information content (AvgIpc) is 2.58. The van der Waals surface area contributed by atoms with Gasteiger partial charge in [0.1, 0.15) is 5.82 Å². The van der Waals surface area contributed by atoms with Crippen LogP contribution in [0.3, 0.4) is 0 Å². The van der Waals surface area contributed by atoms with Crippen LogP contribution in [0.2, 0.25) is 0 Å². The molecule has 1 atom stereocenters. The molecule has 148 valence electrons. The lowest BCUT2D eigenvalue weighted by atomic mass is 9.59. The molecule has 1 aromatic rings. The number of piperidine rings is 1. The fraction of sp³-hybridized carbons (Fsp3) is 0.684. The molecule has 1 unspecified atom stereocenters. The van der Waals surface area contributed by atoms with Crippen molar-refractivity contribution in [1.82, 2.24) is 10.3 Å². The van der Waals surface area contributed by atoms with Crippen molar-refractivity contribution in [3.63, 3.8) is 0 Å². The molecule has 1 saturated carbocycles. The number of hydrogen-bond acceptors (Lipinski definition) is 6. The Morgan fingerprint density at radius 3 is 2.67 bits per heavy atom. The first kappa shape index (κ1) is 18.6. The molecule has 4 rings (SSSR count). The average molecular weight is 381 g/mol. The van der Waals surface area contributed by atoms with E-state index in [0.29, 0.717) is 31.9 Å². The Balaban J connectivity index is 1.60. The molecule has 3 heterocycles. The summed E-state index contributed by atoms with van der Waals surface area (Å²) in [4.78, 5) is 18.5. The molecule has 0 amide bonds. The molecule has 1 aromatic heterocycles. The number of pyridine rings is 1. The number of nitrogens with zero attached hydrogens (tertiary/aromatic N) is 2. The van der Waals surface area contributed by atoms with E-state index < -0.39 is 11.9 Å². The molecule has 1 spiro atoms. The van der Waals surface area contributed by atoms with Crippen LogP contribution in [0.4, 0.5) is 14.6 Å². The molecule has 27 heavy (non-hydrogen) atoms. The summed E-state index contributed by atoms with van der Waals surface area (Å²) in [5.41, 5.74) is 0.908. The van der Waals surface area contributed by atoms with Gasteiger partial charge in [-0.1, -0.05) is 6.07 Å². The summed E-state index contributed by atoms with van der Waals surface area (Å²) in [6.45, 7) is 2.09. The lowest BCUT2D eigenvalue weighted by Crippen LogP contribution is -2.54. The van der Waals surface area contributed by atoms with Gasteiger partial charge >= 0.3 is 5.97 Å². The highest BCUT2D eigenvalue weighted by Crippen LogP contribution is 2.59. The molecule has 8 heteroatoms. The van der Waals surface area contributed by atoms with Crippen molar-refractivity contribution >= 4 is 11.8 Å². The maximum Gasteiger partial charge on any atom is 0.356 e. The molecule has 3 fully saturated rings. The lowest BCUT2D eigenvalue weighted by molar-refractivity contribution is -0.174. The number of halogens is 2. The maximum absolute atomic E-state index is 13.5. The normalized spacial score (nSPS) is 26.4. The van der Waals surface area contributed by atoms with E-state index in [-0.39, 0.29) is 36.1 Å². The van der Waals surface area contributed by atoms with Crippen molar-refractivity contribution in [2.75, 3.05) is 38.8 Å². The third-order valence-corrected chi connectivity index (χ3v) is 6.11. The second-order valence-electron chi connectivity index (χ2n) is 8.03. The third-order valence-electron chi connectivity index (χ3n) is 6.11. The van der Waals surface area contributed by atoms with Crippen LogP contribution in [0.5, 0.6) is 0 Å². The Hall–Kier alpha value is -1.80. The van der Waals surface area contributed by atoms with Gasteiger partial charge < -0.3 is 19.7 Å². The zero-order chi connectivity index (χ0) is 19.2. The first-order valence-corrected chi connectivity index (χ1v) is 9.33. The number of carbonyl (C=O) groups excluding carboxylic acids is 1. The molecule has 1 N–H and O–H groups in total. The molecular formula is C19H25F2N3O3. The van der Waals surface area contributed by atoms with Crippen LogP contribution in [0.15, 0.2) is 12.1 Å². The number of esters is 1. The van der Waals surface area contributed by atoms with Crippen molar-refractivity contribution in [3.05, 3.63) is 23.4 Å². The topological polar surface area (TPSA) is 63.7 Å². The van der Waals surface area contributed by atoms with Crippen molar-refractivity contribution in [2.45, 2.75) is 43.8 Å². The monoisotopic (exact) mass is 381 g/mol. The first-order chi connectivity index (χ1) is 12.8. The van der Waals surface area contributed by atoms with E-state index in [0.717, 1.165) is 12.0 Å². The zero-order valence-electron chi connectivity index (χ0n) is 15.6. The molecule has 3 aliphatic rings. The highest BCUT2D eigenvalue weighted by Gasteiger charge is 2.57. The summed E-state index contributed by atoms with van der Waals surface area (Å²) in [5, 5.41) is 3.46. The van der Waals surface area contributed by atoms with E-state index in [1.165, 1.54) is 7.11 Å². The molecule has 2 saturated heterocycles. The molecule has 0 aromatic carbocycles. The Morgan fingerprint density at radius 1 is 1.30 bits per heavy atom. The summed E-state index contributed by atoms with van der Waals surface area (Å²) < 4.78 is 37.2. The van der Waals surface area contributed by atoms with Gasteiger partial charge in [0.2, 0.25) is 5.92 Å². The summed E-state index contributed by atoms with van der Waals surface area (Å²) in [7, 11) is 3.00. The van der Waals surface area contributed by atoms with Gasteiger partial charge in [-0.05, 0) is 30.9 Å². The first-order valence-electron chi connectivity index (χ1n) is 9.33. The van der Waals surface area contributed by atoms with Crippen LogP contribution in [0.25, 0.3) is 0 Å². The molecule has 2 aliphatic heterocycles. The lowest BCUT2D eigenvalue weighted by Gasteiger charge is -2.52. The Bertz CT molecular complexity index is 729. The number of hydrogen-bond donors (Lipinski definition) is 1. The van der Waals surface area contributed by atoms with Crippen LogP contribution in [0.1, 0.15) is 47.8 Å². The van der Waals surface area contributed by atoms with Crippen LogP contribution in [-0.4, -0.2) is 56.8 Å². The second-order valence-corrected chi connectivity index (χ2v) is 8.03. The molecule has 1 aliphatic carbocycles. The number of anilines is 1. The zero-order valence-corrected chi connectivity index (χ0v) is 15.6. The van der Waals surface area contributed by atoms with E-state index in [9.17, 15) is 13.6 Å². The number of rotatable bonds is 4. The summed E-state index contributed by atoms with van der Waals surface area (Å²) in [6.07, 6.45) is 1.51. The van der Waals surface area contributed by atoms with Gasteiger partial charge in [0.15, 0.2) is 5.69 Å². The summed E-state index contributed by atoms with van der Waals surface area (Å²) in [5.74, 6) is -2.30. The van der Waals surface area contributed by atoms with Crippen molar-refractivity contribution in [2.24, 2.45) is 5.41 Å². The van der Waals surface area contributed by atoms with Gasteiger partial charge in [-0.3, -0.25) is 0 Å². The maximum atomic E-state index is 13.5. The van der Waals surface area contributed by atoms with Crippen LogP contribution < -0.4 is 10.2 Å². The summed E-state index contributed by atoms with van der Waals surface area (Å²) >= 11 is 0. The van der Waals surface area contributed by atoms with Crippen molar-refractivity contribution < 1.29 is 23.0 Å². The number of alkyl halides is 2. The van der Waals surface area contributed by atoms with Crippen LogP contribution >= 0.6 is 0 Å². The minimum atomic E-state index is -2.53. The van der Waals surface area contributed by atoms with Gasteiger partial charge in [-0.15, -0.1) is 0 Å². The standard InChI is InChI=1S/C19H25F2N3O3/c1-26-12-8-24(9-12)16-13(3-4-14(23-16)17(25)27-2)15-7-18(5-6-22-15)10-19(20,21)11-18/h3-4,12,15,22H,5-11H2,1-2H3. The Morgan fingerprint density at radius 2 is 2.04 bits per heavy atom. The Labute approximate surface area is 157 Å². The minimum absolute atomic E-state index is 0.0311. The Kier molecular flexibility index (Phi) is 4.58. The third kappa shape index (κ3) is 3.40. The number of methoxy groups -OCH3 is 2. The van der Waals surface area contributed by atoms with Crippen molar-refractivity contribution in [3.8, 4) is 0 Å². The SMILES string of the molecule is COC(=O)c1ccc(C2CC3(CCN2)CC(F)(F)C3)c(N2CC(OC)C2)n1. The smallest absolute Gasteiger partial charge is 0.356 e. The van der Waals surface area contributed by atoms with Gasteiger partial charge in [-0.2, -0.15) is 0 Å². The fourth-order valence-corrected chi connectivity index (χ4v) is 4.67. The van der Waals surface area contributed by atoms with Crippen molar-refractivity contribution in [1.29, 1.82) is 0 Å². The summed E-state index contributed by atoms with van der Waals surface area (Å²) in [6, 6.07) is 3.48. The van der Waals surface area contributed by atoms with E-state index in [1.807, 2.05) is 6.07 Å². The van der Waals surface area contributed by atoms with Gasteiger partial charge in [0.25, 0.3) is 0 Å². The van der Waals surface area contributed by atoms with E-state index in [2.05, 4.69) is 15.2 Å². The predicted octanol–water partition coefficient (Wildman–Crippen LogP) is 2.54. The van der Waals surface area contributed by atoms with E-state index >= 15 is 0 Å². The largest absolute Gasteiger partial charge is 0.464 e. The molecule has 0 bridgehead atoms. The van der Waals surface area contributed by atoms with Gasteiger partial charge in [-0.25, -0.2) is 18.6 Å². The highest BCUT2D eigenvalue weighted by molar-refractivity contribution is 5.87. The predicted molar refractivity (Wildman–Crippen MR) is 95.2 cm³/mol. The second kappa shape index (κ2) is 6.67. The number of nitrogens with one attached hydrogen (secondary N) is 1. The van der Waals surface area contributed by atoms with Crippen LogP contribution in [0, 0.1) is 5.41 Å². The van der Waals surface area contributed by atoms with E-state index in [4.69, 9.17) is 9.47 Å². The number of aromatic nitrogens is 1. The molecular weight excluding hydrogens is 356 g/mol. The number of ether oxygens (including phenoxy) is 2. The molecule has 6 nitrogen and oxygen atoms in total. The quantitative estimate of drug-likeness (QED) is 0.809. The van der Waals surface area contributed by atoms with Gasteiger partial charge in [0, 0.05) is 44.6 Å². The van der Waals surface area contributed by atoms with Crippen LogP contribution in [-0.2, 0) is 9.47 Å².